The van der Waals surface area contributed by atoms with Gasteiger partial charge in [-0.05, 0) is 25.5 Å². The van der Waals surface area contributed by atoms with E-state index < -0.39 is 6.04 Å². The summed E-state index contributed by atoms with van der Waals surface area (Å²) in [7, 11) is 0. The molecule has 0 bridgehead atoms. The van der Waals surface area contributed by atoms with Gasteiger partial charge in [-0.1, -0.05) is 19.1 Å². The summed E-state index contributed by atoms with van der Waals surface area (Å²) in [6, 6.07) is 6.87. The van der Waals surface area contributed by atoms with Gasteiger partial charge in [0.15, 0.2) is 11.9 Å². The molecule has 0 amide bonds. The average molecular weight is 274 g/mol. The lowest BCUT2D eigenvalue weighted by atomic mass is 10.2. The molecule has 0 aliphatic carbocycles. The van der Waals surface area contributed by atoms with Crippen molar-refractivity contribution < 1.29 is 9.53 Å². The van der Waals surface area contributed by atoms with Crippen molar-refractivity contribution in [1.29, 1.82) is 0 Å². The van der Waals surface area contributed by atoms with Crippen molar-refractivity contribution in [3.63, 3.8) is 0 Å². The van der Waals surface area contributed by atoms with Crippen molar-refractivity contribution in [1.82, 2.24) is 14.8 Å². The number of hydrogen-bond donors (Lipinski definition) is 1. The number of carbonyl (C=O) groups is 1. The molecule has 20 heavy (non-hydrogen) atoms. The van der Waals surface area contributed by atoms with E-state index in [1.807, 2.05) is 19.1 Å². The van der Waals surface area contributed by atoms with Crippen LogP contribution in [0.1, 0.15) is 26.3 Å². The monoisotopic (exact) mass is 274 g/mol. The molecule has 0 aliphatic heterocycles. The van der Waals surface area contributed by atoms with Gasteiger partial charge in [0.2, 0.25) is 0 Å². The average Bonchev–Trinajstić information content (AvgIpc) is 2.89. The summed E-state index contributed by atoms with van der Waals surface area (Å²) in [5, 5.41) is 4.35. The summed E-state index contributed by atoms with van der Waals surface area (Å²) in [5.74, 6) is 0.249. The number of esters is 1. The minimum atomic E-state index is -0.447. The third-order valence-corrected chi connectivity index (χ3v) is 2.92. The third-order valence-electron chi connectivity index (χ3n) is 2.92. The molecule has 0 spiro atoms. The minimum Gasteiger partial charge on any atom is -0.464 e. The molecule has 1 heterocycles. The van der Waals surface area contributed by atoms with E-state index in [2.05, 4.69) is 10.1 Å². The first-order valence-corrected chi connectivity index (χ1v) is 6.59. The normalized spacial score (nSPS) is 12.1. The van der Waals surface area contributed by atoms with Crippen LogP contribution >= 0.6 is 0 Å². The van der Waals surface area contributed by atoms with Gasteiger partial charge in [0.05, 0.1) is 6.61 Å². The van der Waals surface area contributed by atoms with Crippen LogP contribution in [0.3, 0.4) is 0 Å². The Bertz CT molecular complexity index is 594. The van der Waals surface area contributed by atoms with E-state index in [-0.39, 0.29) is 5.97 Å². The number of aromatic nitrogens is 3. The van der Waals surface area contributed by atoms with Crippen LogP contribution in [0.25, 0.3) is 11.4 Å². The van der Waals surface area contributed by atoms with Crippen molar-refractivity contribution in [2.45, 2.75) is 26.3 Å². The number of nitrogen functional groups attached to an aromatic ring is 1. The quantitative estimate of drug-likeness (QED) is 0.666. The second-order valence-electron chi connectivity index (χ2n) is 4.35. The topological polar surface area (TPSA) is 83.0 Å². The van der Waals surface area contributed by atoms with Crippen LogP contribution in [-0.2, 0) is 9.53 Å². The molecular formula is C14H18N4O2. The largest absolute Gasteiger partial charge is 0.464 e. The summed E-state index contributed by atoms with van der Waals surface area (Å²) < 4.78 is 6.57. The Morgan fingerprint density at radius 2 is 2.25 bits per heavy atom. The van der Waals surface area contributed by atoms with E-state index in [0.29, 0.717) is 24.5 Å². The van der Waals surface area contributed by atoms with Gasteiger partial charge in [-0.25, -0.2) is 14.5 Å². The molecule has 2 aromatic rings. The summed E-state index contributed by atoms with van der Waals surface area (Å²) in [6.45, 7) is 4.04. The van der Waals surface area contributed by atoms with Crippen molar-refractivity contribution in [2.24, 2.45) is 0 Å². The lowest BCUT2D eigenvalue weighted by molar-refractivity contribution is -0.147. The standard InChI is InChI=1S/C14H18N4O2/c1-3-12(14(19)20-4-2)18-9-16-13(17-18)10-6-5-7-11(15)8-10/h5-9,12H,3-4,15H2,1-2H3. The molecule has 0 aliphatic rings. The molecule has 0 fully saturated rings. The maximum Gasteiger partial charge on any atom is 0.330 e. The molecule has 2 N–H and O–H groups in total. The Balaban J connectivity index is 2.25. The predicted molar refractivity (Wildman–Crippen MR) is 75.8 cm³/mol. The number of hydrogen-bond acceptors (Lipinski definition) is 5. The minimum absolute atomic E-state index is 0.293. The summed E-state index contributed by atoms with van der Waals surface area (Å²) in [4.78, 5) is 16.1. The third kappa shape index (κ3) is 2.96. The van der Waals surface area contributed by atoms with Crippen LogP contribution in [-0.4, -0.2) is 27.3 Å². The van der Waals surface area contributed by atoms with E-state index >= 15 is 0 Å². The van der Waals surface area contributed by atoms with Crippen LogP contribution in [0.15, 0.2) is 30.6 Å². The Kier molecular flexibility index (Phi) is 4.34. The molecule has 2 rings (SSSR count). The lowest BCUT2D eigenvalue weighted by Gasteiger charge is -2.12. The van der Waals surface area contributed by atoms with Crippen LogP contribution in [0.5, 0.6) is 0 Å². The highest BCUT2D eigenvalue weighted by Gasteiger charge is 2.21. The zero-order valence-electron chi connectivity index (χ0n) is 11.6. The Labute approximate surface area is 117 Å². The molecule has 1 aromatic heterocycles. The second-order valence-corrected chi connectivity index (χ2v) is 4.35. The predicted octanol–water partition coefficient (Wildman–Crippen LogP) is 2.04. The number of nitrogens with zero attached hydrogens (tertiary/aromatic N) is 3. The van der Waals surface area contributed by atoms with Gasteiger partial charge in [-0.15, -0.1) is 0 Å². The molecule has 1 unspecified atom stereocenters. The molecule has 0 saturated heterocycles. The van der Waals surface area contributed by atoms with Crippen molar-refractivity contribution in [3.05, 3.63) is 30.6 Å². The Morgan fingerprint density at radius 3 is 2.90 bits per heavy atom. The van der Waals surface area contributed by atoms with E-state index in [1.54, 1.807) is 25.4 Å². The van der Waals surface area contributed by atoms with E-state index in [1.165, 1.54) is 4.68 Å². The van der Waals surface area contributed by atoms with Gasteiger partial charge in [0, 0.05) is 11.3 Å². The molecule has 0 saturated carbocycles. The van der Waals surface area contributed by atoms with Crippen LogP contribution in [0.4, 0.5) is 5.69 Å². The highest BCUT2D eigenvalue weighted by molar-refractivity contribution is 5.74. The van der Waals surface area contributed by atoms with Gasteiger partial charge in [0.25, 0.3) is 0 Å². The molecule has 6 heteroatoms. The second kappa shape index (κ2) is 6.18. The number of rotatable bonds is 5. The molecule has 0 radical (unpaired) electrons. The zero-order valence-corrected chi connectivity index (χ0v) is 11.6. The highest BCUT2D eigenvalue weighted by atomic mass is 16.5. The fourth-order valence-corrected chi connectivity index (χ4v) is 1.94. The van der Waals surface area contributed by atoms with E-state index in [4.69, 9.17) is 10.5 Å². The van der Waals surface area contributed by atoms with E-state index in [9.17, 15) is 4.79 Å². The van der Waals surface area contributed by atoms with Crippen LogP contribution in [0, 0.1) is 0 Å². The fourth-order valence-electron chi connectivity index (χ4n) is 1.94. The van der Waals surface area contributed by atoms with Gasteiger partial charge < -0.3 is 10.5 Å². The maximum absolute atomic E-state index is 11.8. The first-order chi connectivity index (χ1) is 9.65. The van der Waals surface area contributed by atoms with Gasteiger partial charge in [-0.3, -0.25) is 0 Å². The number of carbonyl (C=O) groups excluding carboxylic acids is 1. The molecular weight excluding hydrogens is 256 g/mol. The Morgan fingerprint density at radius 1 is 1.45 bits per heavy atom. The summed E-state index contributed by atoms with van der Waals surface area (Å²) >= 11 is 0. The van der Waals surface area contributed by atoms with Crippen molar-refractivity contribution in [3.8, 4) is 11.4 Å². The van der Waals surface area contributed by atoms with Gasteiger partial charge >= 0.3 is 5.97 Å². The first-order valence-electron chi connectivity index (χ1n) is 6.59. The van der Waals surface area contributed by atoms with Crippen LogP contribution in [0.2, 0.25) is 0 Å². The molecule has 1 atom stereocenters. The first kappa shape index (κ1) is 14.0. The lowest BCUT2D eigenvalue weighted by Crippen LogP contribution is -2.21. The van der Waals surface area contributed by atoms with Crippen LogP contribution < -0.4 is 5.73 Å². The number of anilines is 1. The smallest absolute Gasteiger partial charge is 0.330 e. The highest BCUT2D eigenvalue weighted by Crippen LogP contribution is 2.19. The fraction of sp³-hybridized carbons (Fsp3) is 0.357. The zero-order chi connectivity index (χ0) is 14.5. The maximum atomic E-state index is 11.8. The summed E-state index contributed by atoms with van der Waals surface area (Å²) in [5.41, 5.74) is 7.21. The molecule has 1 aromatic carbocycles. The number of benzene rings is 1. The SMILES string of the molecule is CCOC(=O)C(CC)n1cnc(-c2cccc(N)c2)n1. The van der Waals surface area contributed by atoms with Gasteiger partial charge in [0.1, 0.15) is 6.33 Å². The summed E-state index contributed by atoms with van der Waals surface area (Å²) in [6.07, 6.45) is 2.14. The number of nitrogens with two attached hydrogens (primary N) is 1. The molecule has 6 nitrogen and oxygen atoms in total. The van der Waals surface area contributed by atoms with E-state index in [0.717, 1.165) is 5.56 Å². The Hall–Kier alpha value is -2.37. The van der Waals surface area contributed by atoms with Crippen molar-refractivity contribution in [2.75, 3.05) is 12.3 Å². The molecule has 106 valence electrons. The van der Waals surface area contributed by atoms with Gasteiger partial charge in [-0.2, -0.15) is 5.10 Å². The van der Waals surface area contributed by atoms with Crippen molar-refractivity contribution >= 4 is 11.7 Å². The number of ether oxygens (including phenoxy) is 1.